The maximum Gasteiger partial charge on any atom is 0.151 e. The van der Waals surface area contributed by atoms with Crippen molar-refractivity contribution in [3.05, 3.63) is 23.0 Å². The van der Waals surface area contributed by atoms with E-state index in [1.54, 1.807) is 0 Å². The average Bonchev–Trinajstić information content (AvgIpc) is 2.86. The lowest BCUT2D eigenvalue weighted by atomic mass is 9.99. The molecule has 0 N–H and O–H groups in total. The van der Waals surface area contributed by atoms with Crippen molar-refractivity contribution in [2.45, 2.75) is 52.5 Å². The molecule has 1 saturated carbocycles. The summed E-state index contributed by atoms with van der Waals surface area (Å²) < 4.78 is 2.35. The Kier molecular flexibility index (Phi) is 3.17. The molecule has 0 spiro atoms. The molecule has 0 bridgehead atoms. The van der Waals surface area contributed by atoms with Gasteiger partial charge in [0.1, 0.15) is 0 Å². The zero-order chi connectivity index (χ0) is 11.7. The molecule has 0 saturated heterocycles. The highest BCUT2D eigenvalue weighted by atomic mass is 16.1. The predicted molar refractivity (Wildman–Crippen MR) is 66.0 cm³/mol. The van der Waals surface area contributed by atoms with Crippen LogP contribution in [0.1, 0.15) is 60.4 Å². The number of hydrogen-bond acceptors (Lipinski definition) is 1. The van der Waals surface area contributed by atoms with Gasteiger partial charge in [-0.3, -0.25) is 4.79 Å². The third kappa shape index (κ3) is 1.81. The maximum absolute atomic E-state index is 10.9. The zero-order valence-electron chi connectivity index (χ0n) is 10.5. The van der Waals surface area contributed by atoms with Gasteiger partial charge in [0.25, 0.3) is 0 Å². The van der Waals surface area contributed by atoms with Gasteiger partial charge in [-0.25, -0.2) is 0 Å². The molecule has 1 aliphatic carbocycles. The van der Waals surface area contributed by atoms with Crippen molar-refractivity contribution in [1.82, 2.24) is 4.57 Å². The van der Waals surface area contributed by atoms with E-state index in [-0.39, 0.29) is 0 Å². The Morgan fingerprint density at radius 3 is 2.50 bits per heavy atom. The van der Waals surface area contributed by atoms with E-state index in [0.29, 0.717) is 6.04 Å². The fraction of sp³-hybridized carbons (Fsp3) is 0.643. The predicted octanol–water partition coefficient (Wildman–Crippen LogP) is 3.67. The quantitative estimate of drug-likeness (QED) is 0.711. The summed E-state index contributed by atoms with van der Waals surface area (Å²) in [6.07, 6.45) is 6.40. The van der Waals surface area contributed by atoms with Crippen LogP contribution in [0.15, 0.2) is 6.07 Å². The summed E-state index contributed by atoms with van der Waals surface area (Å²) in [6.45, 7) is 6.46. The average molecular weight is 219 g/mol. The monoisotopic (exact) mass is 219 g/mol. The largest absolute Gasteiger partial charge is 0.345 e. The van der Waals surface area contributed by atoms with Crippen LogP contribution in [0.2, 0.25) is 0 Å². The fourth-order valence-electron chi connectivity index (χ4n) is 3.20. The molecule has 1 heterocycles. The first-order chi connectivity index (χ1) is 7.65. The van der Waals surface area contributed by atoms with E-state index in [9.17, 15) is 4.79 Å². The highest BCUT2D eigenvalue weighted by Crippen LogP contribution is 2.35. The van der Waals surface area contributed by atoms with Crippen LogP contribution in [0.4, 0.5) is 0 Å². The van der Waals surface area contributed by atoms with Crippen LogP contribution in [0.25, 0.3) is 0 Å². The SMILES string of the molecule is Cc1cc(C=O)c(C)n1C(C)C1CCCC1. The van der Waals surface area contributed by atoms with Gasteiger partial charge in [-0.15, -0.1) is 0 Å². The molecule has 2 rings (SSSR count). The van der Waals surface area contributed by atoms with Crippen molar-refractivity contribution in [3.8, 4) is 0 Å². The lowest BCUT2D eigenvalue weighted by Gasteiger charge is -2.24. The second-order valence-electron chi connectivity index (χ2n) is 5.10. The Morgan fingerprint density at radius 1 is 1.38 bits per heavy atom. The minimum atomic E-state index is 0.538. The second-order valence-corrected chi connectivity index (χ2v) is 5.10. The van der Waals surface area contributed by atoms with Gasteiger partial charge in [0.15, 0.2) is 6.29 Å². The third-order valence-electron chi connectivity index (χ3n) is 4.14. The first kappa shape index (κ1) is 11.4. The summed E-state index contributed by atoms with van der Waals surface area (Å²) >= 11 is 0. The van der Waals surface area contributed by atoms with Crippen LogP contribution >= 0.6 is 0 Å². The van der Waals surface area contributed by atoms with Crippen molar-refractivity contribution < 1.29 is 4.79 Å². The third-order valence-corrected chi connectivity index (χ3v) is 4.14. The Balaban J connectivity index is 2.31. The second kappa shape index (κ2) is 4.44. The molecule has 88 valence electrons. The summed E-state index contributed by atoms with van der Waals surface area (Å²) in [5, 5.41) is 0. The van der Waals surface area contributed by atoms with E-state index in [0.717, 1.165) is 23.5 Å². The molecule has 0 radical (unpaired) electrons. The molecule has 1 aromatic rings. The van der Waals surface area contributed by atoms with Crippen LogP contribution in [-0.4, -0.2) is 10.9 Å². The molecule has 2 heteroatoms. The molecule has 1 aliphatic rings. The Morgan fingerprint density at radius 2 is 2.00 bits per heavy atom. The number of aryl methyl sites for hydroxylation is 1. The van der Waals surface area contributed by atoms with Gasteiger partial charge in [0.2, 0.25) is 0 Å². The van der Waals surface area contributed by atoms with Crippen LogP contribution in [0.3, 0.4) is 0 Å². The maximum atomic E-state index is 10.9. The van der Waals surface area contributed by atoms with Crippen molar-refractivity contribution in [2.24, 2.45) is 5.92 Å². The van der Waals surface area contributed by atoms with Crippen LogP contribution in [0.5, 0.6) is 0 Å². The molecule has 1 atom stereocenters. The van der Waals surface area contributed by atoms with Crippen molar-refractivity contribution in [2.75, 3.05) is 0 Å². The van der Waals surface area contributed by atoms with Crippen molar-refractivity contribution in [3.63, 3.8) is 0 Å². The topological polar surface area (TPSA) is 22.0 Å². The summed E-state index contributed by atoms with van der Waals surface area (Å²) in [5.74, 6) is 0.796. The fourth-order valence-corrected chi connectivity index (χ4v) is 3.20. The molecular weight excluding hydrogens is 198 g/mol. The highest BCUT2D eigenvalue weighted by Gasteiger charge is 2.25. The van der Waals surface area contributed by atoms with Crippen LogP contribution in [0, 0.1) is 19.8 Å². The van der Waals surface area contributed by atoms with E-state index in [2.05, 4.69) is 25.3 Å². The molecule has 0 aliphatic heterocycles. The Labute approximate surface area is 97.7 Å². The van der Waals surface area contributed by atoms with Crippen LogP contribution in [-0.2, 0) is 0 Å². The summed E-state index contributed by atoms with van der Waals surface area (Å²) in [5.41, 5.74) is 3.20. The van der Waals surface area contributed by atoms with Gasteiger partial charge in [0.05, 0.1) is 0 Å². The molecule has 1 fully saturated rings. The number of aromatic nitrogens is 1. The van der Waals surface area contributed by atoms with E-state index >= 15 is 0 Å². The first-order valence-electron chi connectivity index (χ1n) is 6.28. The molecule has 2 nitrogen and oxygen atoms in total. The molecular formula is C14H21NO. The minimum Gasteiger partial charge on any atom is -0.345 e. The minimum absolute atomic E-state index is 0.538. The standard InChI is InChI=1S/C14H21NO/c1-10-8-14(9-16)12(3)15(10)11(2)13-6-4-5-7-13/h8-9,11,13H,4-7H2,1-3H3. The van der Waals surface area contributed by atoms with Crippen molar-refractivity contribution in [1.29, 1.82) is 0 Å². The normalized spacial score (nSPS) is 18.9. The molecule has 0 amide bonds. The smallest absolute Gasteiger partial charge is 0.151 e. The van der Waals surface area contributed by atoms with Gasteiger partial charge in [-0.05, 0) is 45.6 Å². The first-order valence-corrected chi connectivity index (χ1v) is 6.28. The molecule has 1 aromatic heterocycles. The lowest BCUT2D eigenvalue weighted by molar-refractivity contribution is 0.112. The van der Waals surface area contributed by atoms with Gasteiger partial charge in [-0.2, -0.15) is 0 Å². The lowest BCUT2D eigenvalue weighted by Crippen LogP contribution is -2.16. The molecule has 0 aromatic carbocycles. The van der Waals surface area contributed by atoms with E-state index in [1.165, 1.54) is 31.4 Å². The Hall–Kier alpha value is -1.05. The summed E-state index contributed by atoms with van der Waals surface area (Å²) in [7, 11) is 0. The van der Waals surface area contributed by atoms with Gasteiger partial charge < -0.3 is 4.57 Å². The highest BCUT2D eigenvalue weighted by molar-refractivity contribution is 5.77. The van der Waals surface area contributed by atoms with Gasteiger partial charge >= 0.3 is 0 Å². The molecule has 1 unspecified atom stereocenters. The van der Waals surface area contributed by atoms with Crippen molar-refractivity contribution >= 4 is 6.29 Å². The van der Waals surface area contributed by atoms with Gasteiger partial charge in [-0.1, -0.05) is 12.8 Å². The summed E-state index contributed by atoms with van der Waals surface area (Å²) in [4.78, 5) is 10.9. The van der Waals surface area contributed by atoms with Crippen LogP contribution < -0.4 is 0 Å². The number of rotatable bonds is 3. The van der Waals surface area contributed by atoms with E-state index in [1.807, 2.05) is 6.07 Å². The number of nitrogens with zero attached hydrogens (tertiary/aromatic N) is 1. The number of carbonyl (C=O) groups excluding carboxylic acids is 1. The number of aldehydes is 1. The van der Waals surface area contributed by atoms with E-state index < -0.39 is 0 Å². The zero-order valence-corrected chi connectivity index (χ0v) is 10.5. The number of carbonyl (C=O) groups is 1. The molecule has 16 heavy (non-hydrogen) atoms. The summed E-state index contributed by atoms with van der Waals surface area (Å²) in [6, 6.07) is 2.55. The van der Waals surface area contributed by atoms with Gasteiger partial charge in [0, 0.05) is 23.0 Å². The van der Waals surface area contributed by atoms with E-state index in [4.69, 9.17) is 0 Å². The Bertz CT molecular complexity index is 386. The number of hydrogen-bond donors (Lipinski definition) is 0.